The second-order valence-corrected chi connectivity index (χ2v) is 5.89. The maximum atomic E-state index is 12.2. The van der Waals surface area contributed by atoms with Crippen LogP contribution in [0.25, 0.3) is 0 Å². The van der Waals surface area contributed by atoms with Crippen molar-refractivity contribution >= 4 is 23.4 Å². The van der Waals surface area contributed by atoms with Crippen LogP contribution in [0.1, 0.15) is 34.3 Å². The third kappa shape index (κ3) is 3.51. The van der Waals surface area contributed by atoms with Gasteiger partial charge in [0, 0.05) is 24.1 Å². The Labute approximate surface area is 140 Å². The first-order chi connectivity index (χ1) is 11.5. The zero-order valence-corrected chi connectivity index (χ0v) is 13.4. The van der Waals surface area contributed by atoms with Crippen molar-refractivity contribution in [2.75, 3.05) is 5.32 Å². The largest absolute Gasteiger partial charge is 0.322 e. The predicted molar refractivity (Wildman–Crippen MR) is 90.4 cm³/mol. The van der Waals surface area contributed by atoms with Crippen LogP contribution in [0, 0.1) is 6.92 Å². The summed E-state index contributed by atoms with van der Waals surface area (Å²) in [5, 5.41) is 2.84. The van der Waals surface area contributed by atoms with Crippen molar-refractivity contribution in [3.8, 4) is 0 Å². The van der Waals surface area contributed by atoms with E-state index < -0.39 is 0 Å². The summed E-state index contributed by atoms with van der Waals surface area (Å²) >= 11 is 0. The molecular formula is C19H18N2O3. The van der Waals surface area contributed by atoms with Gasteiger partial charge in [0.25, 0.3) is 5.91 Å². The number of benzene rings is 2. The van der Waals surface area contributed by atoms with Crippen LogP contribution in [-0.4, -0.2) is 22.6 Å². The number of nitrogens with zero attached hydrogens (tertiary/aromatic N) is 1. The number of carbonyl (C=O) groups is 3. The molecule has 5 nitrogen and oxygen atoms in total. The summed E-state index contributed by atoms with van der Waals surface area (Å²) < 4.78 is 0. The molecule has 1 fully saturated rings. The molecule has 1 saturated heterocycles. The number of nitrogens with one attached hydrogen (secondary N) is 1. The van der Waals surface area contributed by atoms with E-state index in [1.165, 1.54) is 4.90 Å². The van der Waals surface area contributed by atoms with Gasteiger partial charge >= 0.3 is 0 Å². The SMILES string of the molecule is Cc1cccc(C(=O)Nc2ccc(CN3C(=O)CCC3=O)cc2)c1. The Morgan fingerprint density at radius 3 is 2.33 bits per heavy atom. The van der Waals surface area contributed by atoms with Gasteiger partial charge in [-0.3, -0.25) is 19.3 Å². The maximum absolute atomic E-state index is 12.2. The lowest BCUT2D eigenvalue weighted by molar-refractivity contribution is -0.139. The third-order valence-electron chi connectivity index (χ3n) is 3.99. The molecule has 0 bridgehead atoms. The van der Waals surface area contributed by atoms with Crippen LogP contribution >= 0.6 is 0 Å². The molecule has 24 heavy (non-hydrogen) atoms. The van der Waals surface area contributed by atoms with Crippen molar-refractivity contribution in [1.29, 1.82) is 0 Å². The quantitative estimate of drug-likeness (QED) is 0.880. The summed E-state index contributed by atoms with van der Waals surface area (Å²) in [5.74, 6) is -0.426. The van der Waals surface area contributed by atoms with E-state index in [4.69, 9.17) is 0 Å². The molecule has 0 aromatic heterocycles. The summed E-state index contributed by atoms with van der Waals surface area (Å²) in [6, 6.07) is 14.5. The molecule has 0 spiro atoms. The van der Waals surface area contributed by atoms with Gasteiger partial charge in [-0.1, -0.05) is 29.8 Å². The van der Waals surface area contributed by atoms with Gasteiger partial charge in [-0.2, -0.15) is 0 Å². The number of carbonyl (C=O) groups excluding carboxylic acids is 3. The lowest BCUT2D eigenvalue weighted by Gasteiger charge is -2.14. The number of imide groups is 1. The normalized spacial score (nSPS) is 14.1. The lowest BCUT2D eigenvalue weighted by atomic mass is 10.1. The van der Waals surface area contributed by atoms with Gasteiger partial charge < -0.3 is 5.32 Å². The molecule has 0 saturated carbocycles. The number of aryl methyl sites for hydroxylation is 1. The molecule has 1 heterocycles. The summed E-state index contributed by atoms with van der Waals surface area (Å²) in [6.45, 7) is 2.22. The highest BCUT2D eigenvalue weighted by Crippen LogP contribution is 2.18. The Balaban J connectivity index is 1.65. The maximum Gasteiger partial charge on any atom is 0.255 e. The van der Waals surface area contributed by atoms with Crippen molar-refractivity contribution < 1.29 is 14.4 Å². The molecule has 1 N–H and O–H groups in total. The number of amides is 3. The molecule has 5 heteroatoms. The van der Waals surface area contributed by atoms with Crippen LogP contribution in [0.2, 0.25) is 0 Å². The van der Waals surface area contributed by atoms with E-state index in [0.29, 0.717) is 24.1 Å². The highest BCUT2D eigenvalue weighted by molar-refractivity contribution is 6.04. The predicted octanol–water partition coefficient (Wildman–Crippen LogP) is 2.90. The molecular weight excluding hydrogens is 304 g/mol. The number of hydrogen-bond acceptors (Lipinski definition) is 3. The van der Waals surface area contributed by atoms with Crippen molar-refractivity contribution in [2.24, 2.45) is 0 Å². The number of likely N-dealkylation sites (tertiary alicyclic amines) is 1. The van der Waals surface area contributed by atoms with Gasteiger partial charge in [0.05, 0.1) is 6.54 Å². The smallest absolute Gasteiger partial charge is 0.255 e. The van der Waals surface area contributed by atoms with Gasteiger partial charge in [0.1, 0.15) is 0 Å². The van der Waals surface area contributed by atoms with E-state index in [-0.39, 0.29) is 24.3 Å². The van der Waals surface area contributed by atoms with E-state index in [2.05, 4.69) is 5.32 Å². The Bertz CT molecular complexity index is 781. The van der Waals surface area contributed by atoms with Crippen LogP contribution in [0.15, 0.2) is 48.5 Å². The minimum atomic E-state index is -0.170. The molecule has 2 aromatic carbocycles. The second-order valence-electron chi connectivity index (χ2n) is 5.89. The first-order valence-electron chi connectivity index (χ1n) is 7.83. The fraction of sp³-hybridized carbons (Fsp3) is 0.211. The van der Waals surface area contributed by atoms with Gasteiger partial charge in [0.2, 0.25) is 11.8 Å². The first kappa shape index (κ1) is 15.9. The zero-order valence-electron chi connectivity index (χ0n) is 13.4. The fourth-order valence-corrected chi connectivity index (χ4v) is 2.66. The highest BCUT2D eigenvalue weighted by Gasteiger charge is 2.28. The molecule has 2 aromatic rings. The minimum absolute atomic E-state index is 0.128. The van der Waals surface area contributed by atoms with E-state index in [1.54, 1.807) is 18.2 Å². The summed E-state index contributed by atoms with van der Waals surface area (Å²) in [6.07, 6.45) is 0.590. The highest BCUT2D eigenvalue weighted by atomic mass is 16.2. The lowest BCUT2D eigenvalue weighted by Crippen LogP contribution is -2.28. The van der Waals surface area contributed by atoms with Crippen LogP contribution < -0.4 is 5.32 Å². The Kier molecular flexibility index (Phi) is 4.42. The molecule has 0 atom stereocenters. The molecule has 0 unspecified atom stereocenters. The second kappa shape index (κ2) is 6.66. The minimum Gasteiger partial charge on any atom is -0.322 e. The number of hydrogen-bond donors (Lipinski definition) is 1. The van der Waals surface area contributed by atoms with E-state index in [1.807, 2.05) is 37.3 Å². The zero-order chi connectivity index (χ0) is 17.1. The number of rotatable bonds is 4. The van der Waals surface area contributed by atoms with Crippen LogP contribution in [-0.2, 0) is 16.1 Å². The third-order valence-corrected chi connectivity index (χ3v) is 3.99. The monoisotopic (exact) mass is 322 g/mol. The van der Waals surface area contributed by atoms with E-state index in [0.717, 1.165) is 11.1 Å². The average molecular weight is 322 g/mol. The van der Waals surface area contributed by atoms with Crippen molar-refractivity contribution in [1.82, 2.24) is 4.90 Å². The van der Waals surface area contributed by atoms with Crippen LogP contribution in [0.5, 0.6) is 0 Å². The standard InChI is InChI=1S/C19H18N2O3/c1-13-3-2-4-15(11-13)19(24)20-16-7-5-14(6-8-16)12-21-17(22)9-10-18(21)23/h2-8,11H,9-10,12H2,1H3,(H,20,24). The summed E-state index contributed by atoms with van der Waals surface area (Å²) in [4.78, 5) is 36.8. The molecule has 1 aliphatic rings. The molecule has 3 rings (SSSR count). The molecule has 3 amide bonds. The van der Waals surface area contributed by atoms with E-state index in [9.17, 15) is 14.4 Å². The van der Waals surface area contributed by atoms with Crippen LogP contribution in [0.3, 0.4) is 0 Å². The van der Waals surface area contributed by atoms with Gasteiger partial charge in [-0.05, 0) is 36.8 Å². The molecule has 1 aliphatic heterocycles. The summed E-state index contributed by atoms with van der Waals surface area (Å²) in [7, 11) is 0. The Morgan fingerprint density at radius 1 is 1.04 bits per heavy atom. The average Bonchev–Trinajstić information content (AvgIpc) is 2.88. The van der Waals surface area contributed by atoms with Gasteiger partial charge in [-0.25, -0.2) is 0 Å². The van der Waals surface area contributed by atoms with Crippen molar-refractivity contribution in [2.45, 2.75) is 26.3 Å². The Hall–Kier alpha value is -2.95. The Morgan fingerprint density at radius 2 is 1.71 bits per heavy atom. The van der Waals surface area contributed by atoms with Crippen LogP contribution in [0.4, 0.5) is 5.69 Å². The molecule has 122 valence electrons. The fourth-order valence-electron chi connectivity index (χ4n) is 2.66. The first-order valence-corrected chi connectivity index (χ1v) is 7.83. The van der Waals surface area contributed by atoms with Crippen molar-refractivity contribution in [3.05, 3.63) is 65.2 Å². The van der Waals surface area contributed by atoms with Gasteiger partial charge in [-0.15, -0.1) is 0 Å². The topological polar surface area (TPSA) is 66.5 Å². The number of anilines is 1. The van der Waals surface area contributed by atoms with Gasteiger partial charge in [0.15, 0.2) is 0 Å². The van der Waals surface area contributed by atoms with Crippen molar-refractivity contribution in [3.63, 3.8) is 0 Å². The summed E-state index contributed by atoms with van der Waals surface area (Å²) in [5.41, 5.74) is 3.15. The molecule has 0 aliphatic carbocycles. The molecule has 0 radical (unpaired) electrons. The van der Waals surface area contributed by atoms with E-state index >= 15 is 0 Å².